The zero-order chi connectivity index (χ0) is 19.9. The molecule has 0 aliphatic heterocycles. The Balaban J connectivity index is 1.28. The fraction of sp³-hybridized carbons (Fsp3) is 0.550. The lowest BCUT2D eigenvalue weighted by atomic mass is 9.53. The van der Waals surface area contributed by atoms with Gasteiger partial charge in [-0.2, -0.15) is 0 Å². The van der Waals surface area contributed by atoms with Crippen molar-refractivity contribution < 1.29 is 19.1 Å². The normalized spacial score (nSPS) is 30.0. The summed E-state index contributed by atoms with van der Waals surface area (Å²) >= 11 is 5.84. The van der Waals surface area contributed by atoms with Crippen LogP contribution in [-0.4, -0.2) is 30.1 Å². The number of rotatable bonds is 4. The van der Waals surface area contributed by atoms with Crippen molar-refractivity contribution in [3.8, 4) is 0 Å². The Morgan fingerprint density at radius 2 is 1.71 bits per heavy atom. The fourth-order valence-electron chi connectivity index (χ4n) is 5.61. The molecule has 3 amide bonds. The largest absolute Gasteiger partial charge is 0.452 e. The number of benzene rings is 1. The average Bonchev–Trinajstić information content (AvgIpc) is 2.60. The molecule has 5 rings (SSSR count). The molecule has 4 bridgehead atoms. The number of halogens is 1. The number of nitrogens with one attached hydrogen (secondary N) is 2. The first-order chi connectivity index (χ1) is 13.3. The molecule has 4 aliphatic rings. The van der Waals surface area contributed by atoms with E-state index in [9.17, 15) is 14.4 Å². The van der Waals surface area contributed by atoms with Gasteiger partial charge in [-0.25, -0.2) is 9.59 Å². The van der Waals surface area contributed by atoms with Crippen LogP contribution in [0.25, 0.3) is 0 Å². The van der Waals surface area contributed by atoms with Crippen LogP contribution in [0.4, 0.5) is 10.5 Å². The Labute approximate surface area is 168 Å². The maximum absolute atomic E-state index is 12.3. The third-order valence-corrected chi connectivity index (χ3v) is 6.47. The highest BCUT2D eigenvalue weighted by molar-refractivity contribution is 6.31. The molecule has 0 heterocycles. The van der Waals surface area contributed by atoms with Gasteiger partial charge in [0.05, 0.1) is 5.56 Å². The predicted molar refractivity (Wildman–Crippen MR) is 104 cm³/mol. The summed E-state index contributed by atoms with van der Waals surface area (Å²) in [5, 5.41) is 5.64. The van der Waals surface area contributed by atoms with Gasteiger partial charge in [0.1, 0.15) is 0 Å². The van der Waals surface area contributed by atoms with Gasteiger partial charge in [-0.1, -0.05) is 11.6 Å². The zero-order valence-electron chi connectivity index (χ0n) is 15.5. The quantitative estimate of drug-likeness (QED) is 0.527. The van der Waals surface area contributed by atoms with Crippen LogP contribution in [-0.2, 0) is 9.53 Å². The lowest BCUT2D eigenvalue weighted by molar-refractivity contribution is -0.123. The van der Waals surface area contributed by atoms with Crippen LogP contribution in [0.3, 0.4) is 0 Å². The summed E-state index contributed by atoms with van der Waals surface area (Å²) < 4.78 is 4.95. The minimum atomic E-state index is -0.767. The molecule has 4 fully saturated rings. The number of urea groups is 1. The van der Waals surface area contributed by atoms with Gasteiger partial charge in [0, 0.05) is 16.2 Å². The molecule has 1 aromatic rings. The van der Waals surface area contributed by atoms with Crippen molar-refractivity contribution in [1.82, 2.24) is 10.6 Å². The van der Waals surface area contributed by atoms with E-state index in [2.05, 4.69) is 10.6 Å². The van der Waals surface area contributed by atoms with Crippen molar-refractivity contribution in [3.63, 3.8) is 0 Å². The summed E-state index contributed by atoms with van der Waals surface area (Å²) in [4.78, 5) is 36.4. The summed E-state index contributed by atoms with van der Waals surface area (Å²) in [6.07, 6.45) is 6.77. The minimum absolute atomic E-state index is 0.0818. The number of hydrogen-bond acceptors (Lipinski definition) is 5. The average molecular weight is 406 g/mol. The van der Waals surface area contributed by atoms with E-state index in [0.29, 0.717) is 22.8 Å². The smallest absolute Gasteiger partial charge is 0.340 e. The van der Waals surface area contributed by atoms with Crippen molar-refractivity contribution in [3.05, 3.63) is 28.8 Å². The molecule has 0 saturated heterocycles. The molecular weight excluding hydrogens is 382 g/mol. The number of hydrogen-bond donors (Lipinski definition) is 3. The maximum Gasteiger partial charge on any atom is 0.340 e. The van der Waals surface area contributed by atoms with E-state index >= 15 is 0 Å². The monoisotopic (exact) mass is 405 g/mol. The summed E-state index contributed by atoms with van der Waals surface area (Å²) in [7, 11) is 0. The van der Waals surface area contributed by atoms with E-state index in [1.165, 1.54) is 31.4 Å². The summed E-state index contributed by atoms with van der Waals surface area (Å²) in [6.45, 7) is -0.570. The molecule has 0 atom stereocenters. The lowest BCUT2D eigenvalue weighted by Gasteiger charge is -2.56. The van der Waals surface area contributed by atoms with Crippen LogP contribution in [0.15, 0.2) is 18.2 Å². The van der Waals surface area contributed by atoms with E-state index in [0.717, 1.165) is 19.3 Å². The highest BCUT2D eigenvalue weighted by atomic mass is 35.5. The Morgan fingerprint density at radius 3 is 2.32 bits per heavy atom. The standard InChI is InChI=1S/C20H24ClN3O4/c21-14-1-2-16(22)15(6-14)18(26)28-10-17(25)23-19(27)24-20-7-11-3-12(8-20)5-13(4-11)9-20/h1-2,6,11-13H,3-5,7-10,22H2,(H2,23,24,25,27). The lowest BCUT2D eigenvalue weighted by Crippen LogP contribution is -2.62. The number of anilines is 1. The van der Waals surface area contributed by atoms with Gasteiger partial charge in [-0.3, -0.25) is 10.1 Å². The van der Waals surface area contributed by atoms with E-state index in [1.807, 2.05) is 0 Å². The molecule has 0 unspecified atom stereocenters. The highest BCUT2D eigenvalue weighted by Gasteiger charge is 2.51. The molecule has 0 spiro atoms. The van der Waals surface area contributed by atoms with Gasteiger partial charge in [0.25, 0.3) is 5.91 Å². The second-order valence-corrected chi connectivity index (χ2v) is 8.94. The second kappa shape index (κ2) is 7.28. The third kappa shape index (κ3) is 3.94. The van der Waals surface area contributed by atoms with Crippen LogP contribution in [0.5, 0.6) is 0 Å². The Bertz CT molecular complexity index is 790. The second-order valence-electron chi connectivity index (χ2n) is 8.51. The predicted octanol–water partition coefficient (Wildman–Crippen LogP) is 2.87. The fourth-order valence-corrected chi connectivity index (χ4v) is 5.78. The van der Waals surface area contributed by atoms with Gasteiger partial charge in [-0.05, 0) is 74.5 Å². The maximum atomic E-state index is 12.3. The molecular formula is C20H24ClN3O4. The van der Waals surface area contributed by atoms with Crippen LogP contribution in [0, 0.1) is 17.8 Å². The van der Waals surface area contributed by atoms with Gasteiger partial charge in [0.15, 0.2) is 6.61 Å². The molecule has 8 heteroatoms. The van der Waals surface area contributed by atoms with Crippen molar-refractivity contribution >= 4 is 35.2 Å². The van der Waals surface area contributed by atoms with E-state index in [-0.39, 0.29) is 16.8 Å². The zero-order valence-corrected chi connectivity index (χ0v) is 16.3. The minimum Gasteiger partial charge on any atom is -0.452 e. The Hall–Kier alpha value is -2.28. The van der Waals surface area contributed by atoms with E-state index < -0.39 is 24.5 Å². The summed E-state index contributed by atoms with van der Waals surface area (Å²) in [5.74, 6) is 0.608. The first-order valence-electron chi connectivity index (χ1n) is 9.66. The Morgan fingerprint density at radius 1 is 1.11 bits per heavy atom. The van der Waals surface area contributed by atoms with Crippen LogP contribution in [0.2, 0.25) is 5.02 Å². The van der Waals surface area contributed by atoms with Crippen molar-refractivity contribution in [1.29, 1.82) is 0 Å². The summed E-state index contributed by atoms with van der Waals surface area (Å²) in [6, 6.07) is 3.88. The Kier molecular flexibility index (Phi) is 4.95. The first kappa shape index (κ1) is 19.1. The first-order valence-corrected chi connectivity index (χ1v) is 10.0. The number of nitrogen functional groups attached to an aromatic ring is 1. The van der Waals surface area contributed by atoms with Crippen molar-refractivity contribution in [2.75, 3.05) is 12.3 Å². The third-order valence-electron chi connectivity index (χ3n) is 6.24. The number of ether oxygens (including phenoxy) is 1. The van der Waals surface area contributed by atoms with Crippen LogP contribution in [0.1, 0.15) is 48.9 Å². The number of esters is 1. The van der Waals surface area contributed by atoms with Crippen molar-refractivity contribution in [2.45, 2.75) is 44.1 Å². The molecule has 0 aromatic heterocycles. The molecule has 4 N–H and O–H groups in total. The number of carbonyl (C=O) groups is 3. The molecule has 1 aromatic carbocycles. The van der Waals surface area contributed by atoms with Gasteiger partial charge in [0.2, 0.25) is 0 Å². The van der Waals surface area contributed by atoms with Crippen LogP contribution >= 0.6 is 11.6 Å². The molecule has 4 saturated carbocycles. The number of amides is 3. The molecule has 150 valence electrons. The number of nitrogens with two attached hydrogens (primary N) is 1. The van der Waals surface area contributed by atoms with E-state index in [4.69, 9.17) is 22.1 Å². The van der Waals surface area contributed by atoms with Gasteiger partial charge < -0.3 is 15.8 Å². The molecule has 7 nitrogen and oxygen atoms in total. The molecule has 0 radical (unpaired) electrons. The van der Waals surface area contributed by atoms with Gasteiger partial charge >= 0.3 is 12.0 Å². The van der Waals surface area contributed by atoms with Crippen molar-refractivity contribution in [2.24, 2.45) is 17.8 Å². The number of carbonyl (C=O) groups excluding carboxylic acids is 3. The molecule has 4 aliphatic carbocycles. The SMILES string of the molecule is Nc1ccc(Cl)cc1C(=O)OCC(=O)NC(=O)NC12CC3CC(CC(C3)C1)C2. The van der Waals surface area contributed by atoms with E-state index in [1.54, 1.807) is 6.07 Å². The van der Waals surface area contributed by atoms with Gasteiger partial charge in [-0.15, -0.1) is 0 Å². The highest BCUT2D eigenvalue weighted by Crippen LogP contribution is 2.55. The van der Waals surface area contributed by atoms with Crippen LogP contribution < -0.4 is 16.4 Å². The molecule has 28 heavy (non-hydrogen) atoms. The summed E-state index contributed by atoms with van der Waals surface area (Å²) in [5.41, 5.74) is 5.81. The number of imide groups is 1. The topological polar surface area (TPSA) is 111 Å².